The predicted octanol–water partition coefficient (Wildman–Crippen LogP) is -0.284. The van der Waals surface area contributed by atoms with Gasteiger partial charge < -0.3 is 9.64 Å². The fourth-order valence-corrected chi connectivity index (χ4v) is 1.28. The third kappa shape index (κ3) is 1.78. The zero-order valence-corrected chi connectivity index (χ0v) is 8.14. The lowest BCUT2D eigenvalue weighted by atomic mass is 10.3. The molecule has 0 aliphatic carbocycles. The van der Waals surface area contributed by atoms with Crippen molar-refractivity contribution in [3.8, 4) is 0 Å². The van der Waals surface area contributed by atoms with Crippen LogP contribution >= 0.6 is 0 Å². The number of rotatable bonds is 2. The molecule has 2 rings (SSSR count). The SMILES string of the molecule is CCOC(=O)C1=CN2CC(=O)N=C2N=C1. The van der Waals surface area contributed by atoms with Gasteiger partial charge in [-0.15, -0.1) is 0 Å². The summed E-state index contributed by atoms with van der Waals surface area (Å²) in [6.45, 7) is 2.17. The number of carbonyl (C=O) groups is 2. The van der Waals surface area contributed by atoms with E-state index in [0.29, 0.717) is 18.1 Å². The van der Waals surface area contributed by atoms with Crippen LogP contribution in [0.15, 0.2) is 21.8 Å². The average Bonchev–Trinajstić information content (AvgIpc) is 2.57. The lowest BCUT2D eigenvalue weighted by Crippen LogP contribution is -2.27. The zero-order valence-electron chi connectivity index (χ0n) is 8.14. The fraction of sp³-hybridized carbons (Fsp3) is 0.333. The number of esters is 1. The standard InChI is InChI=1S/C9H9N3O3/c1-2-15-8(14)6-3-10-9-11-7(13)5-12(9)4-6/h3-4H,2,5H2,1H3. The number of aliphatic imine (C=N–C) groups is 2. The number of fused-ring (bicyclic) bond motifs is 1. The first kappa shape index (κ1) is 9.57. The molecule has 0 atom stereocenters. The van der Waals surface area contributed by atoms with Crippen LogP contribution in [0.3, 0.4) is 0 Å². The lowest BCUT2D eigenvalue weighted by molar-refractivity contribution is -0.137. The Bertz CT molecular complexity index is 409. The summed E-state index contributed by atoms with van der Waals surface area (Å²) in [7, 11) is 0. The van der Waals surface area contributed by atoms with Gasteiger partial charge in [-0.25, -0.2) is 9.79 Å². The first-order chi connectivity index (χ1) is 7.20. The van der Waals surface area contributed by atoms with Gasteiger partial charge in [0.05, 0.1) is 12.2 Å². The zero-order chi connectivity index (χ0) is 10.8. The summed E-state index contributed by atoms with van der Waals surface area (Å²) in [6, 6.07) is 0. The van der Waals surface area contributed by atoms with Crippen molar-refractivity contribution in [1.82, 2.24) is 4.90 Å². The number of guanidine groups is 1. The first-order valence-corrected chi connectivity index (χ1v) is 4.52. The minimum Gasteiger partial charge on any atom is -0.462 e. The number of hydrogen-bond donors (Lipinski definition) is 0. The smallest absolute Gasteiger partial charge is 0.341 e. The van der Waals surface area contributed by atoms with E-state index in [9.17, 15) is 9.59 Å². The molecule has 0 spiro atoms. The maximum absolute atomic E-state index is 11.3. The normalized spacial score (nSPS) is 18.5. The summed E-state index contributed by atoms with van der Waals surface area (Å²) in [5, 5.41) is 0. The van der Waals surface area contributed by atoms with Crippen molar-refractivity contribution in [2.24, 2.45) is 9.98 Å². The van der Waals surface area contributed by atoms with E-state index in [1.54, 1.807) is 6.92 Å². The molecule has 0 aromatic carbocycles. The maximum Gasteiger partial charge on any atom is 0.341 e. The van der Waals surface area contributed by atoms with E-state index in [-0.39, 0.29) is 12.5 Å². The van der Waals surface area contributed by atoms with E-state index >= 15 is 0 Å². The van der Waals surface area contributed by atoms with Crippen molar-refractivity contribution in [2.75, 3.05) is 13.2 Å². The third-order valence-corrected chi connectivity index (χ3v) is 1.91. The second-order valence-corrected chi connectivity index (χ2v) is 3.00. The molecule has 0 saturated heterocycles. The molecule has 2 aliphatic rings. The Hall–Kier alpha value is -1.98. The molecule has 1 amide bonds. The van der Waals surface area contributed by atoms with Gasteiger partial charge in [-0.2, -0.15) is 4.99 Å². The molecule has 2 heterocycles. The molecule has 0 radical (unpaired) electrons. The van der Waals surface area contributed by atoms with Crippen LogP contribution in [0.2, 0.25) is 0 Å². The van der Waals surface area contributed by atoms with Crippen molar-refractivity contribution in [3.63, 3.8) is 0 Å². The summed E-state index contributed by atoms with van der Waals surface area (Å²) >= 11 is 0. The molecule has 2 aliphatic heterocycles. The molecule has 0 aromatic heterocycles. The van der Waals surface area contributed by atoms with Crippen LogP contribution in [-0.2, 0) is 14.3 Å². The Morgan fingerprint density at radius 1 is 1.67 bits per heavy atom. The van der Waals surface area contributed by atoms with Crippen LogP contribution in [0.1, 0.15) is 6.92 Å². The minimum absolute atomic E-state index is 0.135. The van der Waals surface area contributed by atoms with Crippen LogP contribution < -0.4 is 0 Å². The molecule has 0 saturated carbocycles. The van der Waals surface area contributed by atoms with Gasteiger partial charge in [0.1, 0.15) is 6.54 Å². The number of hydrogen-bond acceptors (Lipinski definition) is 5. The van der Waals surface area contributed by atoms with Crippen molar-refractivity contribution in [1.29, 1.82) is 0 Å². The van der Waals surface area contributed by atoms with Gasteiger partial charge in [-0.3, -0.25) is 4.79 Å². The maximum atomic E-state index is 11.3. The molecule has 0 bridgehead atoms. The Labute approximate surface area is 85.9 Å². The van der Waals surface area contributed by atoms with E-state index in [2.05, 4.69) is 9.98 Å². The highest BCUT2D eigenvalue weighted by atomic mass is 16.5. The lowest BCUT2D eigenvalue weighted by Gasteiger charge is -2.15. The second-order valence-electron chi connectivity index (χ2n) is 3.00. The summed E-state index contributed by atoms with van der Waals surface area (Å²) in [4.78, 5) is 31.4. The molecule has 15 heavy (non-hydrogen) atoms. The summed E-state index contributed by atoms with van der Waals surface area (Å²) in [5.41, 5.74) is 0.325. The van der Waals surface area contributed by atoms with Crippen molar-refractivity contribution < 1.29 is 14.3 Å². The molecular weight excluding hydrogens is 198 g/mol. The second kappa shape index (κ2) is 3.64. The van der Waals surface area contributed by atoms with Crippen molar-refractivity contribution >= 4 is 24.1 Å². The van der Waals surface area contributed by atoms with Gasteiger partial charge in [0.2, 0.25) is 5.96 Å². The number of amides is 1. The monoisotopic (exact) mass is 207 g/mol. The van der Waals surface area contributed by atoms with E-state index in [0.717, 1.165) is 0 Å². The van der Waals surface area contributed by atoms with Gasteiger partial charge >= 0.3 is 5.97 Å². The topological polar surface area (TPSA) is 71.3 Å². The van der Waals surface area contributed by atoms with Gasteiger partial charge in [0.15, 0.2) is 0 Å². The van der Waals surface area contributed by atoms with Crippen LogP contribution in [0.4, 0.5) is 0 Å². The van der Waals surface area contributed by atoms with Crippen LogP contribution in [0.5, 0.6) is 0 Å². The van der Waals surface area contributed by atoms with E-state index in [1.807, 2.05) is 0 Å². The largest absolute Gasteiger partial charge is 0.462 e. The van der Waals surface area contributed by atoms with Gasteiger partial charge in [-0.05, 0) is 6.92 Å². The van der Waals surface area contributed by atoms with Gasteiger partial charge in [0.25, 0.3) is 5.91 Å². The molecule has 0 unspecified atom stereocenters. The summed E-state index contributed by atoms with van der Waals surface area (Å²) in [5.74, 6) is -0.379. The Morgan fingerprint density at radius 2 is 2.47 bits per heavy atom. The van der Waals surface area contributed by atoms with Crippen LogP contribution in [-0.4, -0.2) is 42.1 Å². The fourth-order valence-electron chi connectivity index (χ4n) is 1.28. The molecule has 0 N–H and O–H groups in total. The van der Waals surface area contributed by atoms with Crippen molar-refractivity contribution in [3.05, 3.63) is 11.8 Å². The van der Waals surface area contributed by atoms with Gasteiger partial charge in [0, 0.05) is 12.4 Å². The Kier molecular flexibility index (Phi) is 2.32. The van der Waals surface area contributed by atoms with E-state index in [1.165, 1.54) is 17.3 Å². The number of carbonyl (C=O) groups excluding carboxylic acids is 2. The number of ether oxygens (including phenoxy) is 1. The molecule has 0 fully saturated rings. The summed E-state index contributed by atoms with van der Waals surface area (Å²) < 4.78 is 4.81. The Morgan fingerprint density at radius 3 is 3.20 bits per heavy atom. The van der Waals surface area contributed by atoms with Crippen molar-refractivity contribution in [2.45, 2.75) is 6.92 Å². The Balaban J connectivity index is 2.16. The molecule has 78 valence electrons. The molecule has 6 nitrogen and oxygen atoms in total. The molecule has 6 heteroatoms. The quantitative estimate of drug-likeness (QED) is 0.583. The van der Waals surface area contributed by atoms with Crippen LogP contribution in [0.25, 0.3) is 0 Å². The average molecular weight is 207 g/mol. The molecular formula is C9H9N3O3. The highest BCUT2D eigenvalue weighted by Gasteiger charge is 2.25. The first-order valence-electron chi connectivity index (χ1n) is 4.52. The van der Waals surface area contributed by atoms with E-state index in [4.69, 9.17) is 4.74 Å². The summed E-state index contributed by atoms with van der Waals surface area (Å²) in [6.07, 6.45) is 2.88. The van der Waals surface area contributed by atoms with E-state index < -0.39 is 5.97 Å². The highest BCUT2D eigenvalue weighted by molar-refractivity contribution is 6.16. The van der Waals surface area contributed by atoms with Gasteiger partial charge in [-0.1, -0.05) is 0 Å². The predicted molar refractivity (Wildman–Crippen MR) is 52.4 cm³/mol. The minimum atomic E-state index is -0.445. The molecule has 0 aromatic rings. The van der Waals surface area contributed by atoms with Crippen LogP contribution in [0, 0.1) is 0 Å². The number of nitrogens with zero attached hydrogens (tertiary/aromatic N) is 3. The third-order valence-electron chi connectivity index (χ3n) is 1.91. The highest BCUT2D eigenvalue weighted by Crippen LogP contribution is 2.12.